The van der Waals surface area contributed by atoms with Gasteiger partial charge in [-0.25, -0.2) is 8.78 Å². The van der Waals surface area contributed by atoms with Crippen molar-refractivity contribution in [1.82, 2.24) is 5.32 Å². The van der Waals surface area contributed by atoms with Crippen molar-refractivity contribution in [3.63, 3.8) is 0 Å². The number of amides is 1. The molecule has 1 unspecified atom stereocenters. The number of nitrogens with one attached hydrogen (secondary N) is 1. The van der Waals surface area contributed by atoms with Crippen LogP contribution in [0.3, 0.4) is 0 Å². The molecule has 0 radical (unpaired) electrons. The molecular weight excluding hydrogens is 254 g/mol. The van der Waals surface area contributed by atoms with E-state index >= 15 is 0 Å². The molecule has 0 aliphatic carbocycles. The summed E-state index contributed by atoms with van der Waals surface area (Å²) in [6, 6.07) is 7.15. The Morgan fingerprint density at radius 1 is 1.47 bits per heavy atom. The highest BCUT2D eigenvalue weighted by Gasteiger charge is 2.31. The molecule has 19 heavy (non-hydrogen) atoms. The van der Waals surface area contributed by atoms with Crippen LogP contribution in [0.25, 0.3) is 0 Å². The van der Waals surface area contributed by atoms with Crippen LogP contribution in [0.2, 0.25) is 0 Å². The van der Waals surface area contributed by atoms with Crippen LogP contribution >= 0.6 is 0 Å². The van der Waals surface area contributed by atoms with Crippen molar-refractivity contribution in [1.29, 1.82) is 0 Å². The fourth-order valence-corrected chi connectivity index (χ4v) is 2.03. The molecule has 104 valence electrons. The van der Waals surface area contributed by atoms with Crippen molar-refractivity contribution in [2.75, 3.05) is 19.7 Å². The highest BCUT2D eigenvalue weighted by Crippen LogP contribution is 2.33. The molecule has 0 saturated carbocycles. The molecule has 1 heterocycles. The molecule has 3 N–H and O–H groups in total. The van der Waals surface area contributed by atoms with Gasteiger partial charge in [0.1, 0.15) is 5.75 Å². The van der Waals surface area contributed by atoms with E-state index in [1.807, 2.05) is 6.07 Å². The normalized spacial score (nSPS) is 18.4. The molecule has 1 aliphatic rings. The van der Waals surface area contributed by atoms with Gasteiger partial charge in [0.15, 0.2) is 0 Å². The van der Waals surface area contributed by atoms with Crippen molar-refractivity contribution in [2.24, 2.45) is 5.73 Å². The number of halogens is 2. The lowest BCUT2D eigenvalue weighted by Crippen LogP contribution is -2.43. The van der Waals surface area contributed by atoms with Crippen molar-refractivity contribution in [2.45, 2.75) is 18.3 Å². The van der Waals surface area contributed by atoms with Crippen molar-refractivity contribution in [3.8, 4) is 5.75 Å². The number of carbonyl (C=O) groups excluding carboxylic acids is 1. The average molecular weight is 270 g/mol. The Hall–Kier alpha value is -1.69. The Labute approximate surface area is 109 Å². The quantitative estimate of drug-likeness (QED) is 0.865. The van der Waals surface area contributed by atoms with Gasteiger partial charge in [-0.3, -0.25) is 4.79 Å². The number of rotatable bonds is 4. The number of hydrogen-bond acceptors (Lipinski definition) is 3. The lowest BCUT2D eigenvalue weighted by molar-refractivity contribution is -0.125. The van der Waals surface area contributed by atoms with E-state index in [0.717, 1.165) is 5.56 Å². The largest absolute Gasteiger partial charge is 0.493 e. The number of fused-ring (bicyclic) bond motifs is 1. The molecular formula is C13H16F2N2O2. The molecule has 2 rings (SSSR count). The van der Waals surface area contributed by atoms with Crippen LogP contribution in [0.1, 0.15) is 17.9 Å². The van der Waals surface area contributed by atoms with Gasteiger partial charge in [-0.2, -0.15) is 0 Å². The highest BCUT2D eigenvalue weighted by molar-refractivity contribution is 5.84. The molecule has 1 aromatic rings. The van der Waals surface area contributed by atoms with Crippen LogP contribution in [0.5, 0.6) is 5.75 Å². The van der Waals surface area contributed by atoms with Gasteiger partial charge in [-0.1, -0.05) is 18.2 Å². The molecule has 1 aliphatic heterocycles. The summed E-state index contributed by atoms with van der Waals surface area (Å²) in [7, 11) is 0. The van der Waals surface area contributed by atoms with Crippen LogP contribution < -0.4 is 15.8 Å². The van der Waals surface area contributed by atoms with Crippen molar-refractivity contribution >= 4 is 5.91 Å². The Balaban J connectivity index is 2.05. The number of ether oxygens (including phenoxy) is 1. The molecule has 4 nitrogen and oxygen atoms in total. The predicted octanol–water partition coefficient (Wildman–Crippen LogP) is 1.26. The van der Waals surface area contributed by atoms with E-state index in [9.17, 15) is 13.6 Å². The summed E-state index contributed by atoms with van der Waals surface area (Å²) in [6.07, 6.45) is 0.483. The zero-order valence-electron chi connectivity index (χ0n) is 10.4. The van der Waals surface area contributed by atoms with E-state index < -0.39 is 30.8 Å². The SMILES string of the molecule is NCC(F)(F)CNC(=O)C1CCOc2ccccc21. The first-order chi connectivity index (χ1) is 9.03. The third-order valence-electron chi connectivity index (χ3n) is 3.09. The van der Waals surface area contributed by atoms with Crippen LogP contribution in [0.4, 0.5) is 8.78 Å². The van der Waals surface area contributed by atoms with E-state index in [0.29, 0.717) is 18.8 Å². The summed E-state index contributed by atoms with van der Waals surface area (Å²) in [4.78, 5) is 12.0. The molecule has 0 aromatic heterocycles. The van der Waals surface area contributed by atoms with Gasteiger partial charge in [0.2, 0.25) is 5.91 Å². The number of nitrogens with two attached hydrogens (primary N) is 1. The van der Waals surface area contributed by atoms with Crippen molar-refractivity contribution in [3.05, 3.63) is 29.8 Å². The third-order valence-corrected chi connectivity index (χ3v) is 3.09. The van der Waals surface area contributed by atoms with Crippen LogP contribution in [0, 0.1) is 0 Å². The van der Waals surface area contributed by atoms with Gasteiger partial charge < -0.3 is 15.8 Å². The van der Waals surface area contributed by atoms with Crippen LogP contribution in [0.15, 0.2) is 24.3 Å². The van der Waals surface area contributed by atoms with Gasteiger partial charge in [0.05, 0.1) is 25.6 Å². The molecule has 1 amide bonds. The van der Waals surface area contributed by atoms with E-state index in [-0.39, 0.29) is 0 Å². The molecule has 0 fully saturated rings. The second-order valence-corrected chi connectivity index (χ2v) is 4.51. The van der Waals surface area contributed by atoms with E-state index in [4.69, 9.17) is 10.5 Å². The highest BCUT2D eigenvalue weighted by atomic mass is 19.3. The fraction of sp³-hybridized carbons (Fsp3) is 0.462. The first-order valence-electron chi connectivity index (χ1n) is 6.11. The second-order valence-electron chi connectivity index (χ2n) is 4.51. The van der Waals surface area contributed by atoms with E-state index in [2.05, 4.69) is 5.32 Å². The maximum absolute atomic E-state index is 13.0. The first kappa shape index (κ1) is 13.7. The zero-order chi connectivity index (χ0) is 13.9. The Kier molecular flexibility index (Phi) is 3.99. The molecule has 1 aromatic carbocycles. The number of para-hydroxylation sites is 1. The number of benzene rings is 1. The number of carbonyl (C=O) groups is 1. The van der Waals surface area contributed by atoms with Gasteiger partial charge in [0.25, 0.3) is 5.92 Å². The van der Waals surface area contributed by atoms with Gasteiger partial charge in [-0.15, -0.1) is 0 Å². The lowest BCUT2D eigenvalue weighted by atomic mass is 9.92. The predicted molar refractivity (Wildman–Crippen MR) is 66.3 cm³/mol. The summed E-state index contributed by atoms with van der Waals surface area (Å²) in [6.45, 7) is -1.11. The minimum absolute atomic E-state index is 0.405. The molecule has 0 bridgehead atoms. The maximum Gasteiger partial charge on any atom is 0.277 e. The van der Waals surface area contributed by atoms with Gasteiger partial charge in [0, 0.05) is 5.56 Å². The molecule has 0 spiro atoms. The minimum Gasteiger partial charge on any atom is -0.493 e. The molecule has 1 atom stereocenters. The third kappa shape index (κ3) is 3.20. The van der Waals surface area contributed by atoms with E-state index in [1.54, 1.807) is 18.2 Å². The van der Waals surface area contributed by atoms with Gasteiger partial charge >= 0.3 is 0 Å². The van der Waals surface area contributed by atoms with Crippen molar-refractivity contribution < 1.29 is 18.3 Å². The summed E-state index contributed by atoms with van der Waals surface area (Å²) < 4.78 is 31.4. The molecule has 0 saturated heterocycles. The Morgan fingerprint density at radius 3 is 2.95 bits per heavy atom. The maximum atomic E-state index is 13.0. The Bertz CT molecular complexity index is 466. The minimum atomic E-state index is -3.07. The van der Waals surface area contributed by atoms with Crippen LogP contribution in [-0.2, 0) is 4.79 Å². The summed E-state index contributed by atoms with van der Waals surface area (Å²) >= 11 is 0. The Morgan fingerprint density at radius 2 is 2.21 bits per heavy atom. The summed E-state index contributed by atoms with van der Waals surface area (Å²) in [5, 5.41) is 2.26. The number of hydrogen-bond donors (Lipinski definition) is 2. The fourth-order valence-electron chi connectivity index (χ4n) is 2.03. The first-order valence-corrected chi connectivity index (χ1v) is 6.11. The smallest absolute Gasteiger partial charge is 0.277 e. The topological polar surface area (TPSA) is 64.3 Å². The summed E-state index contributed by atoms with van der Waals surface area (Å²) in [5.41, 5.74) is 5.66. The van der Waals surface area contributed by atoms with Gasteiger partial charge in [-0.05, 0) is 12.5 Å². The average Bonchev–Trinajstić information content (AvgIpc) is 2.44. The summed E-state index contributed by atoms with van der Waals surface area (Å²) in [5.74, 6) is -3.29. The number of alkyl halides is 2. The second kappa shape index (κ2) is 5.52. The lowest BCUT2D eigenvalue weighted by Gasteiger charge is -2.25. The zero-order valence-corrected chi connectivity index (χ0v) is 10.4. The monoisotopic (exact) mass is 270 g/mol. The van der Waals surface area contributed by atoms with Crippen LogP contribution in [-0.4, -0.2) is 31.5 Å². The molecule has 6 heteroatoms. The standard InChI is InChI=1S/C13H16F2N2O2/c14-13(15,7-16)8-17-12(18)10-5-6-19-11-4-2-1-3-9(10)11/h1-4,10H,5-8,16H2,(H,17,18). The van der Waals surface area contributed by atoms with E-state index in [1.165, 1.54) is 0 Å².